The van der Waals surface area contributed by atoms with Crippen LogP contribution in [0.2, 0.25) is 0 Å². The number of imidazole rings is 1. The van der Waals surface area contributed by atoms with Gasteiger partial charge in [-0.1, -0.05) is 13.0 Å². The quantitative estimate of drug-likeness (QED) is 0.900. The Balaban J connectivity index is 2.24. The summed E-state index contributed by atoms with van der Waals surface area (Å²) in [7, 11) is 0. The number of nitrogens with one attached hydrogen (secondary N) is 1. The van der Waals surface area contributed by atoms with Gasteiger partial charge in [0.1, 0.15) is 17.5 Å². The van der Waals surface area contributed by atoms with E-state index in [4.69, 9.17) is 0 Å². The largest absolute Gasteiger partial charge is 0.326 e. The second kappa shape index (κ2) is 5.93. The third kappa shape index (κ3) is 3.17. The standard InChI is InChI=1S/C14H17F2N3/c1-3-17-7-13-8-18-10(2)19(13)9-11-4-5-12(15)6-14(11)16/h4-6,8,17H,3,7,9H2,1-2H3. The smallest absolute Gasteiger partial charge is 0.131 e. The van der Waals surface area contributed by atoms with Crippen LogP contribution < -0.4 is 5.32 Å². The zero-order chi connectivity index (χ0) is 13.8. The van der Waals surface area contributed by atoms with Crippen molar-refractivity contribution in [1.82, 2.24) is 14.9 Å². The first-order valence-corrected chi connectivity index (χ1v) is 6.27. The van der Waals surface area contributed by atoms with Gasteiger partial charge in [0, 0.05) is 24.4 Å². The molecule has 1 N–H and O–H groups in total. The fraction of sp³-hybridized carbons (Fsp3) is 0.357. The zero-order valence-corrected chi connectivity index (χ0v) is 11.1. The van der Waals surface area contributed by atoms with Gasteiger partial charge in [-0.05, 0) is 19.5 Å². The molecule has 1 heterocycles. The molecule has 0 saturated heterocycles. The van der Waals surface area contributed by atoms with Crippen LogP contribution in [0.15, 0.2) is 24.4 Å². The molecule has 1 aromatic carbocycles. The first kappa shape index (κ1) is 13.7. The molecular weight excluding hydrogens is 248 g/mol. The van der Waals surface area contributed by atoms with Crippen molar-refractivity contribution < 1.29 is 8.78 Å². The topological polar surface area (TPSA) is 29.9 Å². The average molecular weight is 265 g/mol. The summed E-state index contributed by atoms with van der Waals surface area (Å²) >= 11 is 0. The van der Waals surface area contributed by atoms with Crippen LogP contribution in [0.25, 0.3) is 0 Å². The van der Waals surface area contributed by atoms with E-state index in [0.717, 1.165) is 24.1 Å². The molecule has 1 aromatic heterocycles. The van der Waals surface area contributed by atoms with Crippen molar-refractivity contribution in [2.45, 2.75) is 26.9 Å². The number of benzene rings is 1. The third-order valence-corrected chi connectivity index (χ3v) is 3.04. The molecule has 0 aliphatic heterocycles. The maximum atomic E-state index is 13.7. The van der Waals surface area contributed by atoms with Crippen molar-refractivity contribution >= 4 is 0 Å². The van der Waals surface area contributed by atoms with Gasteiger partial charge < -0.3 is 9.88 Å². The van der Waals surface area contributed by atoms with Crippen molar-refractivity contribution in [3.05, 3.63) is 53.1 Å². The van der Waals surface area contributed by atoms with Crippen molar-refractivity contribution in [1.29, 1.82) is 0 Å². The SMILES string of the molecule is CCNCc1cnc(C)n1Cc1ccc(F)cc1F. The lowest BCUT2D eigenvalue weighted by Gasteiger charge is -2.11. The van der Waals surface area contributed by atoms with E-state index in [1.807, 2.05) is 18.4 Å². The van der Waals surface area contributed by atoms with Crippen molar-refractivity contribution in [3.63, 3.8) is 0 Å². The summed E-state index contributed by atoms with van der Waals surface area (Å²) in [6.45, 7) is 5.79. The normalized spacial score (nSPS) is 10.9. The Bertz CT molecular complexity index is 564. The fourth-order valence-corrected chi connectivity index (χ4v) is 1.95. The molecule has 0 amide bonds. The van der Waals surface area contributed by atoms with Gasteiger partial charge in [0.25, 0.3) is 0 Å². The minimum atomic E-state index is -0.559. The molecule has 0 radical (unpaired) electrons. The van der Waals surface area contributed by atoms with Crippen LogP contribution >= 0.6 is 0 Å². The van der Waals surface area contributed by atoms with Gasteiger partial charge in [-0.25, -0.2) is 13.8 Å². The highest BCUT2D eigenvalue weighted by atomic mass is 19.1. The molecule has 0 atom stereocenters. The number of aromatic nitrogens is 2. The van der Waals surface area contributed by atoms with E-state index in [-0.39, 0.29) is 0 Å². The summed E-state index contributed by atoms with van der Waals surface area (Å²) in [6.07, 6.45) is 1.78. The molecule has 0 spiro atoms. The molecule has 0 bridgehead atoms. The molecule has 5 heteroatoms. The van der Waals surface area contributed by atoms with Crippen LogP contribution in [0.3, 0.4) is 0 Å². The van der Waals surface area contributed by atoms with Crippen LogP contribution in [0.4, 0.5) is 8.78 Å². The van der Waals surface area contributed by atoms with E-state index < -0.39 is 11.6 Å². The first-order chi connectivity index (χ1) is 9.11. The summed E-state index contributed by atoms with van der Waals surface area (Å²) in [5.74, 6) is -0.268. The van der Waals surface area contributed by atoms with E-state index in [9.17, 15) is 8.78 Å². The monoisotopic (exact) mass is 265 g/mol. The van der Waals surface area contributed by atoms with E-state index >= 15 is 0 Å². The maximum absolute atomic E-state index is 13.7. The highest BCUT2D eigenvalue weighted by Crippen LogP contribution is 2.14. The van der Waals surface area contributed by atoms with Crippen molar-refractivity contribution in [3.8, 4) is 0 Å². The predicted octanol–water partition coefficient (Wildman–Crippen LogP) is 2.63. The molecule has 2 aromatic rings. The fourth-order valence-electron chi connectivity index (χ4n) is 1.95. The van der Waals surface area contributed by atoms with Gasteiger partial charge in [-0.2, -0.15) is 0 Å². The highest BCUT2D eigenvalue weighted by Gasteiger charge is 2.10. The molecular formula is C14H17F2N3. The molecule has 19 heavy (non-hydrogen) atoms. The Labute approximate surface area is 111 Å². The Hall–Kier alpha value is -1.75. The van der Waals surface area contributed by atoms with Gasteiger partial charge in [-0.3, -0.25) is 0 Å². The number of rotatable bonds is 5. The zero-order valence-electron chi connectivity index (χ0n) is 11.1. The number of hydrogen-bond acceptors (Lipinski definition) is 2. The summed E-state index contributed by atoms with van der Waals surface area (Å²) in [6, 6.07) is 3.65. The van der Waals surface area contributed by atoms with Crippen LogP contribution in [0.1, 0.15) is 24.0 Å². The van der Waals surface area contributed by atoms with E-state index in [1.54, 1.807) is 6.20 Å². The Morgan fingerprint density at radius 1 is 1.32 bits per heavy atom. The lowest BCUT2D eigenvalue weighted by atomic mass is 10.2. The van der Waals surface area contributed by atoms with Gasteiger partial charge in [-0.15, -0.1) is 0 Å². The molecule has 0 aliphatic carbocycles. The van der Waals surface area contributed by atoms with E-state index in [2.05, 4.69) is 10.3 Å². The molecule has 2 rings (SSSR count). The predicted molar refractivity (Wildman–Crippen MR) is 69.8 cm³/mol. The van der Waals surface area contributed by atoms with Crippen molar-refractivity contribution in [2.75, 3.05) is 6.54 Å². The molecule has 0 saturated carbocycles. The Kier molecular flexibility index (Phi) is 4.27. The maximum Gasteiger partial charge on any atom is 0.131 e. The number of halogens is 2. The van der Waals surface area contributed by atoms with E-state index in [1.165, 1.54) is 12.1 Å². The molecule has 102 valence electrons. The van der Waals surface area contributed by atoms with Crippen LogP contribution in [-0.4, -0.2) is 16.1 Å². The highest BCUT2D eigenvalue weighted by molar-refractivity contribution is 5.20. The average Bonchev–Trinajstić information content (AvgIpc) is 2.71. The second-order valence-corrected chi connectivity index (χ2v) is 4.40. The van der Waals surface area contributed by atoms with E-state index in [0.29, 0.717) is 18.7 Å². The summed E-state index contributed by atoms with van der Waals surface area (Å²) in [5, 5.41) is 3.21. The third-order valence-electron chi connectivity index (χ3n) is 3.04. The van der Waals surface area contributed by atoms with Crippen LogP contribution in [0.5, 0.6) is 0 Å². The van der Waals surface area contributed by atoms with Gasteiger partial charge in [0.05, 0.1) is 12.2 Å². The number of hydrogen-bond donors (Lipinski definition) is 1. The summed E-state index contributed by atoms with van der Waals surface area (Å²) in [4.78, 5) is 4.24. The van der Waals surface area contributed by atoms with Crippen LogP contribution in [0, 0.1) is 18.6 Å². The lowest BCUT2D eigenvalue weighted by Crippen LogP contribution is -2.16. The van der Waals surface area contributed by atoms with Gasteiger partial charge in [0.2, 0.25) is 0 Å². The van der Waals surface area contributed by atoms with Gasteiger partial charge in [0.15, 0.2) is 0 Å². The minimum Gasteiger partial charge on any atom is -0.326 e. The van der Waals surface area contributed by atoms with Crippen LogP contribution in [-0.2, 0) is 13.1 Å². The second-order valence-electron chi connectivity index (χ2n) is 4.40. The molecule has 3 nitrogen and oxygen atoms in total. The van der Waals surface area contributed by atoms with Gasteiger partial charge >= 0.3 is 0 Å². The summed E-state index contributed by atoms with van der Waals surface area (Å²) < 4.78 is 28.5. The Morgan fingerprint density at radius 3 is 2.79 bits per heavy atom. The first-order valence-electron chi connectivity index (χ1n) is 6.27. The number of nitrogens with zero attached hydrogens (tertiary/aromatic N) is 2. The van der Waals surface area contributed by atoms with Crippen molar-refractivity contribution in [2.24, 2.45) is 0 Å². The molecule has 0 aliphatic rings. The Morgan fingerprint density at radius 2 is 2.11 bits per heavy atom. The number of aryl methyl sites for hydroxylation is 1. The minimum absolute atomic E-state index is 0.360. The lowest BCUT2D eigenvalue weighted by molar-refractivity contribution is 0.559. The molecule has 0 fully saturated rings. The molecule has 0 unspecified atom stereocenters. The summed E-state index contributed by atoms with van der Waals surface area (Å²) in [5.41, 5.74) is 1.45.